The predicted octanol–water partition coefficient (Wildman–Crippen LogP) is -0.0473. The fourth-order valence-electron chi connectivity index (χ4n) is 2.38. The summed E-state index contributed by atoms with van der Waals surface area (Å²) in [5.74, 6) is 0. The first-order chi connectivity index (χ1) is 9.29. The van der Waals surface area contributed by atoms with Crippen LogP contribution in [0, 0.1) is 0 Å². The molecule has 0 atom stereocenters. The molecule has 2 heterocycles. The van der Waals surface area contributed by atoms with Gasteiger partial charge in [-0.1, -0.05) is 6.07 Å². The van der Waals surface area contributed by atoms with E-state index in [-0.39, 0.29) is 12.3 Å². The summed E-state index contributed by atoms with van der Waals surface area (Å²) in [5.41, 5.74) is 0.572. The van der Waals surface area contributed by atoms with Gasteiger partial charge in [-0.15, -0.1) is 5.10 Å². The van der Waals surface area contributed by atoms with E-state index in [1.54, 1.807) is 10.6 Å². The van der Waals surface area contributed by atoms with Crippen molar-refractivity contribution in [2.45, 2.75) is 25.4 Å². The van der Waals surface area contributed by atoms with E-state index in [9.17, 15) is 4.79 Å². The van der Waals surface area contributed by atoms with Crippen LogP contribution in [0.1, 0.15) is 12.8 Å². The number of pyridine rings is 1. The van der Waals surface area contributed by atoms with E-state index in [0.29, 0.717) is 24.8 Å². The molecule has 0 radical (unpaired) electrons. The van der Waals surface area contributed by atoms with Crippen molar-refractivity contribution in [1.29, 1.82) is 0 Å². The van der Waals surface area contributed by atoms with Crippen molar-refractivity contribution in [3.05, 3.63) is 34.9 Å². The largest absolute Gasteiger partial charge is 0.395 e. The van der Waals surface area contributed by atoms with Gasteiger partial charge in [0.15, 0.2) is 5.65 Å². The minimum Gasteiger partial charge on any atom is -0.395 e. The highest BCUT2D eigenvalue weighted by Crippen LogP contribution is 2.26. The molecule has 6 nitrogen and oxygen atoms in total. The molecule has 0 aromatic carbocycles. The summed E-state index contributed by atoms with van der Waals surface area (Å²) in [5, 5.41) is 13.4. The number of rotatable bonds is 6. The molecular formula is C13H18N4O2. The highest BCUT2D eigenvalue weighted by Gasteiger charge is 2.28. The number of aromatic nitrogens is 3. The molecular weight excluding hydrogens is 244 g/mol. The normalized spacial score (nSPS) is 15.5. The number of nitrogens with zero attached hydrogens (tertiary/aromatic N) is 4. The third-order valence-corrected chi connectivity index (χ3v) is 3.54. The van der Waals surface area contributed by atoms with Gasteiger partial charge in [-0.2, -0.15) is 0 Å². The van der Waals surface area contributed by atoms with E-state index in [0.717, 1.165) is 6.54 Å². The van der Waals surface area contributed by atoms with Crippen LogP contribution in [-0.2, 0) is 6.54 Å². The van der Waals surface area contributed by atoms with Gasteiger partial charge in [-0.25, -0.2) is 9.48 Å². The zero-order valence-electron chi connectivity index (χ0n) is 10.8. The molecule has 0 spiro atoms. The Bertz CT molecular complexity index is 614. The molecule has 102 valence electrons. The zero-order valence-corrected chi connectivity index (χ0v) is 10.8. The third-order valence-electron chi connectivity index (χ3n) is 3.54. The standard InChI is InChI=1S/C13H18N4O2/c18-10-9-15(11-4-5-11)7-8-17-13(19)16-6-2-1-3-12(16)14-17/h1-3,6,11,18H,4-5,7-10H2. The Hall–Kier alpha value is -1.66. The molecule has 0 bridgehead atoms. The number of aliphatic hydroxyl groups is 1. The second kappa shape index (κ2) is 5.14. The first-order valence-corrected chi connectivity index (χ1v) is 6.69. The van der Waals surface area contributed by atoms with Crippen molar-refractivity contribution < 1.29 is 5.11 Å². The minimum atomic E-state index is -0.102. The molecule has 1 aliphatic rings. The molecule has 1 N–H and O–H groups in total. The van der Waals surface area contributed by atoms with Gasteiger partial charge in [0, 0.05) is 25.3 Å². The SMILES string of the molecule is O=c1n(CCN(CCO)C2CC2)nc2ccccn12. The molecule has 1 saturated carbocycles. The van der Waals surface area contributed by atoms with E-state index < -0.39 is 0 Å². The Morgan fingerprint density at radius 3 is 2.89 bits per heavy atom. The van der Waals surface area contributed by atoms with Gasteiger partial charge in [0.05, 0.1) is 13.2 Å². The lowest BCUT2D eigenvalue weighted by Crippen LogP contribution is -2.34. The molecule has 0 saturated heterocycles. The highest BCUT2D eigenvalue weighted by molar-refractivity contribution is 5.35. The van der Waals surface area contributed by atoms with Crippen molar-refractivity contribution in [1.82, 2.24) is 19.1 Å². The Balaban J connectivity index is 1.74. The van der Waals surface area contributed by atoms with Crippen LogP contribution < -0.4 is 5.69 Å². The lowest BCUT2D eigenvalue weighted by Gasteiger charge is -2.20. The van der Waals surface area contributed by atoms with Crippen LogP contribution in [0.3, 0.4) is 0 Å². The highest BCUT2D eigenvalue weighted by atomic mass is 16.3. The molecule has 0 unspecified atom stereocenters. The maximum atomic E-state index is 12.1. The van der Waals surface area contributed by atoms with Crippen LogP contribution in [0.4, 0.5) is 0 Å². The lowest BCUT2D eigenvalue weighted by molar-refractivity contribution is 0.182. The summed E-state index contributed by atoms with van der Waals surface area (Å²) in [6, 6.07) is 6.10. The van der Waals surface area contributed by atoms with E-state index in [2.05, 4.69) is 10.00 Å². The molecule has 2 aromatic heterocycles. The van der Waals surface area contributed by atoms with Crippen molar-refractivity contribution in [2.24, 2.45) is 0 Å². The molecule has 1 aliphatic carbocycles. The predicted molar refractivity (Wildman–Crippen MR) is 71.1 cm³/mol. The maximum Gasteiger partial charge on any atom is 0.350 e. The molecule has 1 fully saturated rings. The summed E-state index contributed by atoms with van der Waals surface area (Å²) in [7, 11) is 0. The van der Waals surface area contributed by atoms with E-state index in [4.69, 9.17) is 5.11 Å². The van der Waals surface area contributed by atoms with Crippen LogP contribution in [0.25, 0.3) is 5.65 Å². The van der Waals surface area contributed by atoms with Crippen LogP contribution in [-0.4, -0.2) is 49.9 Å². The van der Waals surface area contributed by atoms with Gasteiger partial charge in [0.25, 0.3) is 0 Å². The van der Waals surface area contributed by atoms with Gasteiger partial charge in [-0.3, -0.25) is 9.30 Å². The monoisotopic (exact) mass is 262 g/mol. The quantitative estimate of drug-likeness (QED) is 0.793. The summed E-state index contributed by atoms with van der Waals surface area (Å²) >= 11 is 0. The topological polar surface area (TPSA) is 62.8 Å². The number of fused-ring (bicyclic) bond motifs is 1. The van der Waals surface area contributed by atoms with Crippen molar-refractivity contribution in [3.8, 4) is 0 Å². The first-order valence-electron chi connectivity index (χ1n) is 6.69. The third kappa shape index (κ3) is 2.54. The van der Waals surface area contributed by atoms with Crippen molar-refractivity contribution in [3.63, 3.8) is 0 Å². The summed E-state index contributed by atoms with van der Waals surface area (Å²) < 4.78 is 3.05. The Kier molecular flexibility index (Phi) is 3.35. The maximum absolute atomic E-state index is 12.1. The van der Waals surface area contributed by atoms with E-state index in [1.807, 2.05) is 18.2 Å². The Labute approximate surface area is 110 Å². The van der Waals surface area contributed by atoms with Crippen molar-refractivity contribution >= 4 is 5.65 Å². The number of hydrogen-bond acceptors (Lipinski definition) is 4. The molecule has 2 aromatic rings. The molecule has 19 heavy (non-hydrogen) atoms. The van der Waals surface area contributed by atoms with Gasteiger partial charge in [0.2, 0.25) is 0 Å². The molecule has 6 heteroatoms. The van der Waals surface area contributed by atoms with E-state index in [1.165, 1.54) is 17.5 Å². The number of hydrogen-bond donors (Lipinski definition) is 1. The average molecular weight is 262 g/mol. The Morgan fingerprint density at radius 1 is 1.37 bits per heavy atom. The molecule has 0 amide bonds. The molecule has 3 rings (SSSR count). The van der Waals surface area contributed by atoms with Gasteiger partial charge >= 0.3 is 5.69 Å². The number of aliphatic hydroxyl groups excluding tert-OH is 1. The summed E-state index contributed by atoms with van der Waals surface area (Å²) in [4.78, 5) is 14.3. The first kappa shape index (κ1) is 12.4. The average Bonchev–Trinajstić information content (AvgIpc) is 3.21. The molecule has 0 aliphatic heterocycles. The van der Waals surface area contributed by atoms with Crippen LogP contribution in [0.2, 0.25) is 0 Å². The van der Waals surface area contributed by atoms with Crippen LogP contribution in [0.5, 0.6) is 0 Å². The van der Waals surface area contributed by atoms with Gasteiger partial charge in [0.1, 0.15) is 0 Å². The summed E-state index contributed by atoms with van der Waals surface area (Å²) in [6.45, 7) is 2.16. The smallest absolute Gasteiger partial charge is 0.350 e. The van der Waals surface area contributed by atoms with Crippen LogP contribution in [0.15, 0.2) is 29.2 Å². The fraction of sp³-hybridized carbons (Fsp3) is 0.538. The van der Waals surface area contributed by atoms with E-state index >= 15 is 0 Å². The zero-order chi connectivity index (χ0) is 13.2. The minimum absolute atomic E-state index is 0.102. The Morgan fingerprint density at radius 2 is 2.21 bits per heavy atom. The van der Waals surface area contributed by atoms with Gasteiger partial charge < -0.3 is 5.11 Å². The fourth-order valence-corrected chi connectivity index (χ4v) is 2.38. The second-order valence-corrected chi connectivity index (χ2v) is 4.93. The van der Waals surface area contributed by atoms with Gasteiger partial charge in [-0.05, 0) is 25.0 Å². The summed E-state index contributed by atoms with van der Waals surface area (Å²) in [6.07, 6.45) is 4.12. The lowest BCUT2D eigenvalue weighted by atomic mass is 10.4. The van der Waals surface area contributed by atoms with Crippen molar-refractivity contribution in [2.75, 3.05) is 19.7 Å². The second-order valence-electron chi connectivity index (χ2n) is 4.93. The van der Waals surface area contributed by atoms with Crippen LogP contribution >= 0.6 is 0 Å².